The van der Waals surface area contributed by atoms with Crippen LogP contribution < -0.4 is 38.9 Å². The van der Waals surface area contributed by atoms with Gasteiger partial charge in [0.2, 0.25) is 41.4 Å². The summed E-state index contributed by atoms with van der Waals surface area (Å²) in [5, 5.41) is 28.0. The number of primary amides is 1. The second kappa shape index (κ2) is 24.7. The van der Waals surface area contributed by atoms with Crippen molar-refractivity contribution in [1.29, 1.82) is 0 Å². The molecule has 0 saturated heterocycles. The molecule has 2 aromatic heterocycles. The zero-order valence-corrected chi connectivity index (χ0v) is 37.1. The van der Waals surface area contributed by atoms with Crippen LogP contribution in [-0.4, -0.2) is 162 Å². The largest absolute Gasteiger partial charge is 0.394 e. The van der Waals surface area contributed by atoms with Crippen molar-refractivity contribution < 1.29 is 43.8 Å². The molecule has 2 bridgehead atoms. The molecule has 23 nitrogen and oxygen atoms in total. The van der Waals surface area contributed by atoms with Crippen molar-refractivity contribution in [3.05, 3.63) is 71.3 Å². The Kier molecular flexibility index (Phi) is 19.5. The molecule has 0 fully saturated rings. The van der Waals surface area contributed by atoms with Gasteiger partial charge < -0.3 is 73.8 Å². The summed E-state index contributed by atoms with van der Waals surface area (Å²) >= 11 is 0. The fourth-order valence-corrected chi connectivity index (χ4v) is 7.20. The molecular formula is C42H64N14O9. The third-order valence-electron chi connectivity index (χ3n) is 11.3. The second-order valence-corrected chi connectivity index (χ2v) is 16.4. The minimum Gasteiger partial charge on any atom is -0.394 e. The maximum absolute atomic E-state index is 14.8. The molecule has 1 aliphatic heterocycles. The predicted molar refractivity (Wildman–Crippen MR) is 235 cm³/mol. The molecule has 3 heterocycles. The van der Waals surface area contributed by atoms with Crippen LogP contribution in [0.4, 0.5) is 0 Å². The molecule has 65 heavy (non-hydrogen) atoms. The number of aliphatic hydroxyl groups is 2. The molecule has 1 aliphatic rings. The second-order valence-electron chi connectivity index (χ2n) is 16.4. The standard InChI is InChI=1S/C42H64N14O9/c1-4-24(2)35(45)40(63)53-36(25(3)58)42(65)54-7-5-9-55(34(59)18-49-38(61)32(44)21-57)19-26-11-27(13-28(12-26)37(46)60)20-56(10-6-8-54)41(64)33(15-30-17-48-23-51-30)52-39(62)31(43)14-29-16-47-22-50-29/h11-13,16-17,22-25,31-33,35-36,57-58H,4-10,14-15,18-21,43-45H2,1-3H3,(H2,46,60)(H,47,50)(H,48,51)(H,49,61)(H,52,62)(H,53,63)/t24-,25+,31-,32-,33-,35-,36-/m0/s1. The van der Waals surface area contributed by atoms with E-state index in [0.29, 0.717) is 28.9 Å². The van der Waals surface area contributed by atoms with Crippen LogP contribution in [0.3, 0.4) is 0 Å². The number of carbonyl (C=O) groups excluding carboxylic acids is 7. The summed E-state index contributed by atoms with van der Waals surface area (Å²) in [7, 11) is 0. The minimum atomic E-state index is -1.40. The number of carbonyl (C=O) groups is 7. The molecule has 0 saturated carbocycles. The van der Waals surface area contributed by atoms with E-state index in [0.717, 1.165) is 0 Å². The first-order chi connectivity index (χ1) is 30.9. The number of benzene rings is 1. The third-order valence-corrected chi connectivity index (χ3v) is 11.3. The van der Waals surface area contributed by atoms with Gasteiger partial charge in [0, 0.05) is 81.5 Å². The number of fused-ring (bicyclic) bond motifs is 2. The van der Waals surface area contributed by atoms with Crippen molar-refractivity contribution in [1.82, 2.24) is 50.6 Å². The van der Waals surface area contributed by atoms with E-state index in [1.54, 1.807) is 13.0 Å². The number of nitrogens with one attached hydrogen (secondary N) is 5. The van der Waals surface area contributed by atoms with Gasteiger partial charge in [-0.1, -0.05) is 26.3 Å². The molecule has 3 aromatic rings. The molecule has 15 N–H and O–H groups in total. The zero-order chi connectivity index (χ0) is 47.8. The Hall–Kier alpha value is -6.27. The summed E-state index contributed by atoms with van der Waals surface area (Å²) in [5.41, 5.74) is 26.0. The van der Waals surface area contributed by atoms with Gasteiger partial charge in [-0.15, -0.1) is 0 Å². The summed E-state index contributed by atoms with van der Waals surface area (Å²) < 4.78 is 0. The van der Waals surface area contributed by atoms with Crippen LogP contribution in [0.5, 0.6) is 0 Å². The van der Waals surface area contributed by atoms with Gasteiger partial charge in [0.05, 0.1) is 44.0 Å². The SMILES string of the molecule is CC[C@H](C)[C@H](N)C(=O)N[C@H](C(=O)N1CCCN(C(=O)CNC(=O)[C@@H](N)CO)Cc2cc(cc(C(N)=O)c2)CN(C(=O)[C@H](Cc2cnc[nH]2)NC(=O)[C@@H](N)Cc2cnc[nH]2)CCC1)[C@@H](C)O. The van der Waals surface area contributed by atoms with E-state index >= 15 is 0 Å². The molecule has 356 valence electrons. The average Bonchev–Trinajstić information content (AvgIpc) is 4.01. The van der Waals surface area contributed by atoms with E-state index in [1.807, 2.05) is 6.92 Å². The highest BCUT2D eigenvalue weighted by molar-refractivity contribution is 5.94. The van der Waals surface area contributed by atoms with Gasteiger partial charge in [-0.25, -0.2) is 9.97 Å². The smallest absolute Gasteiger partial charge is 0.248 e. The van der Waals surface area contributed by atoms with Crippen LogP contribution in [0.15, 0.2) is 43.2 Å². The van der Waals surface area contributed by atoms with Gasteiger partial charge in [0.1, 0.15) is 18.1 Å². The first-order valence-electron chi connectivity index (χ1n) is 21.6. The van der Waals surface area contributed by atoms with E-state index in [2.05, 4.69) is 35.9 Å². The highest BCUT2D eigenvalue weighted by Crippen LogP contribution is 2.19. The number of rotatable bonds is 18. The van der Waals surface area contributed by atoms with Crippen LogP contribution in [-0.2, 0) is 54.7 Å². The number of hydrogen-bond donors (Lipinski definition) is 11. The fourth-order valence-electron chi connectivity index (χ4n) is 7.20. The Bertz CT molecular complexity index is 2070. The van der Waals surface area contributed by atoms with Crippen molar-refractivity contribution in [2.45, 2.75) is 102 Å². The summed E-state index contributed by atoms with van der Waals surface area (Å²) in [6, 6.07) is -1.15. The molecule has 4 rings (SSSR count). The molecule has 7 atom stereocenters. The summed E-state index contributed by atoms with van der Waals surface area (Å²) in [6.45, 7) is 3.70. The number of imidazole rings is 2. The number of aromatic amines is 2. The molecule has 0 aliphatic carbocycles. The molecule has 23 heteroatoms. The van der Waals surface area contributed by atoms with E-state index < -0.39 is 90.8 Å². The molecule has 7 amide bonds. The molecule has 1 aromatic carbocycles. The molecule has 0 unspecified atom stereocenters. The van der Waals surface area contributed by atoms with Gasteiger partial charge in [0.15, 0.2) is 0 Å². The monoisotopic (exact) mass is 908 g/mol. The van der Waals surface area contributed by atoms with Crippen LogP contribution in [0.1, 0.15) is 72.9 Å². The Labute approximate surface area is 376 Å². The topological polar surface area (TPSA) is 367 Å². The van der Waals surface area contributed by atoms with Gasteiger partial charge in [-0.05, 0) is 48.9 Å². The third kappa shape index (κ3) is 15.2. The lowest BCUT2D eigenvalue weighted by Crippen LogP contribution is -2.58. The lowest BCUT2D eigenvalue weighted by Gasteiger charge is -2.33. The van der Waals surface area contributed by atoms with Gasteiger partial charge in [0.25, 0.3) is 0 Å². The van der Waals surface area contributed by atoms with E-state index in [4.69, 9.17) is 22.9 Å². The van der Waals surface area contributed by atoms with E-state index in [-0.39, 0.29) is 76.4 Å². The van der Waals surface area contributed by atoms with Crippen molar-refractivity contribution in [3.8, 4) is 0 Å². The number of nitrogens with two attached hydrogens (primary N) is 4. The van der Waals surface area contributed by atoms with Gasteiger partial charge >= 0.3 is 0 Å². The number of nitrogens with zero attached hydrogens (tertiary/aromatic N) is 5. The number of aromatic nitrogens is 4. The zero-order valence-electron chi connectivity index (χ0n) is 37.1. The Morgan fingerprint density at radius 3 is 1.86 bits per heavy atom. The fraction of sp³-hybridized carbons (Fsp3) is 0.548. The summed E-state index contributed by atoms with van der Waals surface area (Å²) in [5.74, 6) is -4.74. The quantitative estimate of drug-likeness (QED) is 0.0590. The summed E-state index contributed by atoms with van der Waals surface area (Å²) in [6.07, 6.45) is 5.58. The molecular weight excluding hydrogens is 845 g/mol. The minimum absolute atomic E-state index is 0.00137. The average molecular weight is 909 g/mol. The van der Waals surface area contributed by atoms with Crippen molar-refractivity contribution in [2.75, 3.05) is 39.3 Å². The van der Waals surface area contributed by atoms with Crippen LogP contribution >= 0.6 is 0 Å². The number of amides is 7. The highest BCUT2D eigenvalue weighted by Gasteiger charge is 2.34. The maximum atomic E-state index is 14.8. The van der Waals surface area contributed by atoms with Crippen molar-refractivity contribution >= 4 is 41.4 Å². The lowest BCUT2D eigenvalue weighted by atomic mass is 9.98. The number of hydrogen-bond acceptors (Lipinski definition) is 14. The normalized spacial score (nSPS) is 17.0. The maximum Gasteiger partial charge on any atom is 0.248 e. The highest BCUT2D eigenvalue weighted by atomic mass is 16.3. The Balaban J connectivity index is 1.74. The van der Waals surface area contributed by atoms with E-state index in [1.165, 1.54) is 58.8 Å². The molecule has 0 radical (unpaired) electrons. The van der Waals surface area contributed by atoms with Crippen molar-refractivity contribution in [3.63, 3.8) is 0 Å². The Morgan fingerprint density at radius 2 is 1.32 bits per heavy atom. The number of aliphatic hydroxyl groups excluding tert-OH is 2. The molecule has 0 spiro atoms. The van der Waals surface area contributed by atoms with Gasteiger partial charge in [-0.3, -0.25) is 33.6 Å². The first kappa shape index (κ1) is 51.4. The number of H-pyrrole nitrogens is 2. The first-order valence-corrected chi connectivity index (χ1v) is 21.6. The van der Waals surface area contributed by atoms with E-state index in [9.17, 15) is 43.8 Å². The lowest BCUT2D eigenvalue weighted by molar-refractivity contribution is -0.140. The van der Waals surface area contributed by atoms with Gasteiger partial charge in [-0.2, -0.15) is 0 Å². The predicted octanol–water partition coefficient (Wildman–Crippen LogP) is -3.52. The summed E-state index contributed by atoms with van der Waals surface area (Å²) in [4.78, 5) is 113. The van der Waals surface area contributed by atoms with Crippen LogP contribution in [0.25, 0.3) is 0 Å². The van der Waals surface area contributed by atoms with Crippen LogP contribution in [0, 0.1) is 5.92 Å². The Morgan fingerprint density at radius 1 is 0.754 bits per heavy atom. The van der Waals surface area contributed by atoms with Crippen molar-refractivity contribution in [2.24, 2.45) is 28.9 Å². The van der Waals surface area contributed by atoms with Crippen LogP contribution in [0.2, 0.25) is 0 Å².